The molecule has 0 N–H and O–H groups in total. The molecule has 0 aliphatic carbocycles. The second-order valence-electron chi connectivity index (χ2n) is 5.08. The first-order chi connectivity index (χ1) is 10.3. The average molecular weight is 306 g/mol. The molecule has 21 heavy (non-hydrogen) atoms. The predicted molar refractivity (Wildman–Crippen MR) is 79.0 cm³/mol. The number of likely N-dealkylation sites (tertiary alicyclic amines) is 1. The Morgan fingerprint density at radius 1 is 1.38 bits per heavy atom. The average Bonchev–Trinajstić information content (AvgIpc) is 3.26. The number of amides is 1. The smallest absolute Gasteiger partial charge is 0.292 e. The van der Waals surface area contributed by atoms with Crippen LogP contribution in [-0.2, 0) is 6.54 Å². The number of carbonyl (C=O) groups is 1. The van der Waals surface area contributed by atoms with Gasteiger partial charge in [-0.1, -0.05) is 5.16 Å². The highest BCUT2D eigenvalue weighted by molar-refractivity contribution is 7.09. The highest BCUT2D eigenvalue weighted by Crippen LogP contribution is 2.13. The number of carbonyl (C=O) groups excluding carboxylic acids is 1. The zero-order valence-electron chi connectivity index (χ0n) is 11.8. The lowest BCUT2D eigenvalue weighted by Gasteiger charge is -2.23. The third-order valence-corrected chi connectivity index (χ3v) is 4.39. The summed E-state index contributed by atoms with van der Waals surface area (Å²) in [5.41, 5.74) is 0. The highest BCUT2D eigenvalue weighted by atomic mass is 32.1. The van der Waals surface area contributed by atoms with Gasteiger partial charge in [-0.15, -0.1) is 11.3 Å². The molecule has 1 aliphatic rings. The lowest BCUT2D eigenvalue weighted by molar-refractivity contribution is 0.0685. The molecule has 3 rings (SSSR count). The van der Waals surface area contributed by atoms with Gasteiger partial charge in [0, 0.05) is 30.7 Å². The van der Waals surface area contributed by atoms with E-state index in [2.05, 4.69) is 15.0 Å². The van der Waals surface area contributed by atoms with Gasteiger partial charge in [0.25, 0.3) is 5.91 Å². The van der Waals surface area contributed by atoms with Crippen LogP contribution < -0.4 is 0 Å². The molecule has 2 aromatic heterocycles. The molecule has 0 radical (unpaired) electrons. The van der Waals surface area contributed by atoms with Gasteiger partial charge in [0.2, 0.25) is 5.76 Å². The van der Waals surface area contributed by atoms with Crippen molar-refractivity contribution in [1.29, 1.82) is 0 Å². The van der Waals surface area contributed by atoms with Crippen molar-refractivity contribution in [2.24, 2.45) is 0 Å². The molecular formula is C14H18N4O2S. The van der Waals surface area contributed by atoms with E-state index in [1.54, 1.807) is 28.5 Å². The number of hydrogen-bond acceptors (Lipinski definition) is 6. The fourth-order valence-electron chi connectivity index (χ4n) is 2.50. The van der Waals surface area contributed by atoms with Crippen LogP contribution in [0.4, 0.5) is 0 Å². The normalized spacial score (nSPS) is 15.4. The van der Waals surface area contributed by atoms with Gasteiger partial charge in [-0.2, -0.15) is 0 Å². The number of rotatable bonds is 6. The Morgan fingerprint density at radius 3 is 2.90 bits per heavy atom. The summed E-state index contributed by atoms with van der Waals surface area (Å²) < 4.78 is 5.00. The van der Waals surface area contributed by atoms with Crippen molar-refractivity contribution >= 4 is 17.2 Å². The van der Waals surface area contributed by atoms with Gasteiger partial charge in [0.1, 0.15) is 5.01 Å². The molecule has 0 spiro atoms. The Bertz CT molecular complexity index is 550. The molecule has 0 atom stereocenters. The lowest BCUT2D eigenvalue weighted by Crippen LogP contribution is -2.37. The molecular weight excluding hydrogens is 288 g/mol. The molecule has 1 amide bonds. The summed E-state index contributed by atoms with van der Waals surface area (Å²) in [6.07, 6.45) is 5.76. The van der Waals surface area contributed by atoms with Crippen molar-refractivity contribution < 1.29 is 9.32 Å². The van der Waals surface area contributed by atoms with Crippen LogP contribution in [0.25, 0.3) is 0 Å². The van der Waals surface area contributed by atoms with E-state index in [4.69, 9.17) is 4.52 Å². The Morgan fingerprint density at radius 2 is 2.24 bits per heavy atom. The molecule has 0 unspecified atom stereocenters. The second-order valence-corrected chi connectivity index (χ2v) is 6.06. The maximum atomic E-state index is 12.5. The van der Waals surface area contributed by atoms with Crippen molar-refractivity contribution in [2.45, 2.75) is 19.4 Å². The first-order valence-electron chi connectivity index (χ1n) is 7.13. The van der Waals surface area contributed by atoms with Crippen molar-refractivity contribution in [3.05, 3.63) is 34.6 Å². The minimum absolute atomic E-state index is 0.123. The predicted octanol–water partition coefficient (Wildman–Crippen LogP) is 1.87. The van der Waals surface area contributed by atoms with E-state index in [1.807, 2.05) is 5.38 Å². The molecule has 3 heterocycles. The van der Waals surface area contributed by atoms with Crippen LogP contribution in [-0.4, -0.2) is 52.0 Å². The first-order valence-corrected chi connectivity index (χ1v) is 8.01. The topological polar surface area (TPSA) is 62.5 Å². The third-order valence-electron chi connectivity index (χ3n) is 3.63. The Labute approximate surface area is 127 Å². The van der Waals surface area contributed by atoms with E-state index in [0.29, 0.717) is 13.1 Å². The largest absolute Gasteiger partial charge is 0.351 e. The first kappa shape index (κ1) is 14.2. The van der Waals surface area contributed by atoms with Crippen LogP contribution in [0, 0.1) is 0 Å². The summed E-state index contributed by atoms with van der Waals surface area (Å²) in [4.78, 5) is 20.9. The molecule has 1 fully saturated rings. The van der Waals surface area contributed by atoms with Crippen LogP contribution in [0.1, 0.15) is 28.4 Å². The van der Waals surface area contributed by atoms with Crippen molar-refractivity contribution in [1.82, 2.24) is 19.9 Å². The van der Waals surface area contributed by atoms with Crippen LogP contribution >= 0.6 is 11.3 Å². The summed E-state index contributed by atoms with van der Waals surface area (Å²) in [6, 6.07) is 1.60. The quantitative estimate of drug-likeness (QED) is 0.815. The Kier molecular flexibility index (Phi) is 4.62. The molecule has 0 saturated carbocycles. The van der Waals surface area contributed by atoms with Gasteiger partial charge >= 0.3 is 0 Å². The van der Waals surface area contributed by atoms with E-state index in [0.717, 1.165) is 24.6 Å². The highest BCUT2D eigenvalue weighted by Gasteiger charge is 2.21. The molecule has 1 saturated heterocycles. The summed E-state index contributed by atoms with van der Waals surface area (Å²) in [5, 5.41) is 6.47. The molecule has 0 bridgehead atoms. The van der Waals surface area contributed by atoms with Gasteiger partial charge < -0.3 is 14.3 Å². The molecule has 112 valence electrons. The molecule has 7 heteroatoms. The summed E-state index contributed by atoms with van der Waals surface area (Å²) >= 11 is 1.56. The number of hydrogen-bond donors (Lipinski definition) is 0. The maximum Gasteiger partial charge on any atom is 0.292 e. The van der Waals surface area contributed by atoms with Crippen molar-refractivity contribution in [2.75, 3.05) is 26.2 Å². The van der Waals surface area contributed by atoms with E-state index < -0.39 is 0 Å². The van der Waals surface area contributed by atoms with E-state index >= 15 is 0 Å². The van der Waals surface area contributed by atoms with Gasteiger partial charge in [-0.3, -0.25) is 4.79 Å². The van der Waals surface area contributed by atoms with Gasteiger partial charge in [-0.05, 0) is 25.9 Å². The zero-order chi connectivity index (χ0) is 14.5. The SMILES string of the molecule is O=C(c1ccno1)N(CCN1CCCC1)Cc1nccs1. The molecule has 1 aliphatic heterocycles. The fraction of sp³-hybridized carbons (Fsp3) is 0.500. The molecule has 2 aromatic rings. The van der Waals surface area contributed by atoms with Crippen molar-refractivity contribution in [3.8, 4) is 0 Å². The van der Waals surface area contributed by atoms with Crippen LogP contribution in [0.2, 0.25) is 0 Å². The van der Waals surface area contributed by atoms with Gasteiger partial charge in [0.05, 0.1) is 12.7 Å². The number of nitrogens with zero attached hydrogens (tertiary/aromatic N) is 4. The van der Waals surface area contributed by atoms with Crippen LogP contribution in [0.3, 0.4) is 0 Å². The van der Waals surface area contributed by atoms with Crippen molar-refractivity contribution in [3.63, 3.8) is 0 Å². The van der Waals surface area contributed by atoms with E-state index in [9.17, 15) is 4.79 Å². The third kappa shape index (κ3) is 3.68. The monoisotopic (exact) mass is 306 g/mol. The van der Waals surface area contributed by atoms with Gasteiger partial charge in [0.15, 0.2) is 0 Å². The minimum atomic E-state index is -0.123. The fourth-order valence-corrected chi connectivity index (χ4v) is 3.13. The molecule has 6 nitrogen and oxygen atoms in total. The number of aromatic nitrogens is 2. The minimum Gasteiger partial charge on any atom is -0.351 e. The van der Waals surface area contributed by atoms with E-state index in [1.165, 1.54) is 19.0 Å². The maximum absolute atomic E-state index is 12.5. The summed E-state index contributed by atoms with van der Waals surface area (Å²) in [5.74, 6) is 0.162. The summed E-state index contributed by atoms with van der Waals surface area (Å²) in [6.45, 7) is 4.35. The van der Waals surface area contributed by atoms with Crippen LogP contribution in [0.5, 0.6) is 0 Å². The standard InChI is InChI=1S/C14H18N4O2S/c19-14(12-3-4-16-20-12)18(11-13-15-5-10-21-13)9-8-17-6-1-2-7-17/h3-5,10H,1-2,6-9,11H2. The Hall–Kier alpha value is -1.73. The number of thiazole rings is 1. The second kappa shape index (κ2) is 6.82. The Balaban J connectivity index is 1.65. The van der Waals surface area contributed by atoms with E-state index in [-0.39, 0.29) is 11.7 Å². The van der Waals surface area contributed by atoms with Gasteiger partial charge in [-0.25, -0.2) is 4.98 Å². The van der Waals surface area contributed by atoms with Crippen LogP contribution in [0.15, 0.2) is 28.4 Å². The summed E-state index contributed by atoms with van der Waals surface area (Å²) in [7, 11) is 0. The lowest BCUT2D eigenvalue weighted by atomic mass is 10.3. The molecule has 0 aromatic carbocycles. The zero-order valence-corrected chi connectivity index (χ0v) is 12.6.